The third-order valence-electron chi connectivity index (χ3n) is 14.9. The molecule has 3 unspecified atom stereocenters. The Morgan fingerprint density at radius 3 is 2.02 bits per heavy atom. The molecule has 2 saturated carbocycles. The molecule has 3 aromatic carbocycles. The summed E-state index contributed by atoms with van der Waals surface area (Å²) < 4.78 is 38.5. The summed E-state index contributed by atoms with van der Waals surface area (Å²) in [6.45, 7) is 7.07. The molecule has 6 heterocycles. The third-order valence-corrected chi connectivity index (χ3v) is 14.9. The molecule has 10 nitrogen and oxygen atoms in total. The van der Waals surface area contributed by atoms with E-state index in [2.05, 4.69) is 50.5 Å². The van der Waals surface area contributed by atoms with Crippen molar-refractivity contribution in [2.75, 3.05) is 22.9 Å². The lowest BCUT2D eigenvalue weighted by molar-refractivity contribution is 0.0130. The Kier molecular flexibility index (Phi) is 9.39. The van der Waals surface area contributed by atoms with Crippen LogP contribution in [0.15, 0.2) is 48.5 Å². The molecule has 0 radical (unpaired) electrons. The molecule has 4 aliphatic heterocycles. The molecule has 1 amide bonds. The van der Waals surface area contributed by atoms with Gasteiger partial charge in [-0.1, -0.05) is 25.0 Å². The average Bonchev–Trinajstić information content (AvgIpc) is 4.06. The number of nitrogens with zero attached hydrogens (tertiary/aromatic N) is 5. The highest BCUT2D eigenvalue weighted by molar-refractivity contribution is 5.78. The van der Waals surface area contributed by atoms with Gasteiger partial charge in [0, 0.05) is 30.9 Å². The minimum Gasteiger partial charge on any atom is -0.444 e. The summed E-state index contributed by atoms with van der Waals surface area (Å²) in [6.07, 6.45) is 13.3. The number of carbonyl (C=O) groups excluding carboxylic acids is 1. The maximum atomic E-state index is 16.3. The summed E-state index contributed by atoms with van der Waals surface area (Å²) in [7, 11) is 0. The fourth-order valence-electron chi connectivity index (χ4n) is 12.2. The Morgan fingerprint density at radius 2 is 1.35 bits per heavy atom. The van der Waals surface area contributed by atoms with E-state index in [4.69, 9.17) is 14.7 Å². The van der Waals surface area contributed by atoms with Crippen LogP contribution in [0.1, 0.15) is 151 Å². The van der Waals surface area contributed by atoms with E-state index in [0.29, 0.717) is 30.7 Å². The fourth-order valence-corrected chi connectivity index (χ4v) is 12.2. The molecule has 6 fully saturated rings. The van der Waals surface area contributed by atoms with Gasteiger partial charge in [-0.25, -0.2) is 23.5 Å². The average molecular weight is 817 g/mol. The number of anilines is 2. The highest BCUT2D eigenvalue weighted by Gasteiger charge is 2.49. The zero-order valence-corrected chi connectivity index (χ0v) is 35.2. The van der Waals surface area contributed by atoms with E-state index >= 15 is 8.78 Å². The van der Waals surface area contributed by atoms with E-state index < -0.39 is 17.2 Å². The van der Waals surface area contributed by atoms with Crippen molar-refractivity contribution in [3.05, 3.63) is 82.9 Å². The number of amides is 1. The number of hydrogen-bond donors (Lipinski definition) is 3. The van der Waals surface area contributed by atoms with Gasteiger partial charge in [0.05, 0.1) is 46.2 Å². The first kappa shape index (κ1) is 38.2. The van der Waals surface area contributed by atoms with Gasteiger partial charge in [0.2, 0.25) is 0 Å². The van der Waals surface area contributed by atoms with Crippen LogP contribution in [0.4, 0.5) is 25.0 Å². The molecule has 6 aliphatic rings. The molecule has 0 bridgehead atoms. The minimum atomic E-state index is -0.592. The number of H-pyrrole nitrogens is 2. The standard InChI is InChI=1S/C48H58F2N8O2/c1-48(2,3)60-47(59)58-40-12-8-10-28(40)24-43(58)46-53-36-16-14-30(23-38(36)55-46)42-18-17-41(57(42)31-25-32(49)44(33(50)26-31)56-19-5-4-6-20-56)29-13-15-35-37(22-29)54-45(52-35)39-21-27-9-7-11-34(27)51-39/h13-16,22-23,25-28,34,39-43,51H,4-12,17-21,24H2,1-3H3,(H,52,54)(H,53,55)/t27-,28?,34-,39-,40?,41+,42+,43?/m0/s1. The smallest absolute Gasteiger partial charge is 0.411 e. The van der Waals surface area contributed by atoms with Gasteiger partial charge >= 0.3 is 6.09 Å². The van der Waals surface area contributed by atoms with Crippen molar-refractivity contribution in [1.29, 1.82) is 0 Å². The number of piperidine rings is 1. The topological polar surface area (TPSA) is 105 Å². The number of imidazole rings is 2. The van der Waals surface area contributed by atoms with Gasteiger partial charge in [-0.2, -0.15) is 0 Å². The lowest BCUT2D eigenvalue weighted by Gasteiger charge is -2.35. The zero-order chi connectivity index (χ0) is 40.9. The Hall–Kier alpha value is -4.71. The molecule has 316 valence electrons. The number of likely N-dealkylation sites (tertiary alicyclic amines) is 1. The van der Waals surface area contributed by atoms with E-state index in [-0.39, 0.29) is 42.0 Å². The van der Waals surface area contributed by atoms with E-state index in [9.17, 15) is 4.79 Å². The van der Waals surface area contributed by atoms with Crippen molar-refractivity contribution < 1.29 is 18.3 Å². The zero-order valence-electron chi connectivity index (χ0n) is 35.2. The number of rotatable bonds is 6. The van der Waals surface area contributed by atoms with Gasteiger partial charge in [0.25, 0.3) is 0 Å². The molecule has 60 heavy (non-hydrogen) atoms. The molecule has 8 atom stereocenters. The van der Waals surface area contributed by atoms with Crippen LogP contribution in [0.3, 0.4) is 0 Å². The van der Waals surface area contributed by atoms with Gasteiger partial charge in [0.15, 0.2) is 11.6 Å². The van der Waals surface area contributed by atoms with E-state index in [1.165, 1.54) is 19.3 Å². The summed E-state index contributed by atoms with van der Waals surface area (Å²) in [5.74, 6) is 1.92. The number of halogens is 2. The van der Waals surface area contributed by atoms with Gasteiger partial charge in [-0.05, 0) is 151 Å². The van der Waals surface area contributed by atoms with Crippen molar-refractivity contribution >= 4 is 39.5 Å². The van der Waals surface area contributed by atoms with Crippen molar-refractivity contribution in [2.24, 2.45) is 11.8 Å². The molecule has 11 rings (SSSR count). The molecular formula is C48H58F2N8O2. The first-order valence-electron chi connectivity index (χ1n) is 22.8. The van der Waals surface area contributed by atoms with E-state index in [1.807, 2.05) is 36.6 Å². The maximum Gasteiger partial charge on any atom is 0.411 e. The lowest BCUT2D eigenvalue weighted by atomic mass is 10.0. The van der Waals surface area contributed by atoms with Gasteiger partial charge < -0.3 is 29.8 Å². The van der Waals surface area contributed by atoms with Gasteiger partial charge in [-0.3, -0.25) is 4.90 Å². The number of aromatic nitrogens is 4. The summed E-state index contributed by atoms with van der Waals surface area (Å²) in [6, 6.07) is 16.4. The summed E-state index contributed by atoms with van der Waals surface area (Å²) >= 11 is 0. The molecule has 2 aromatic heterocycles. The minimum absolute atomic E-state index is 0.0877. The summed E-state index contributed by atoms with van der Waals surface area (Å²) in [5, 5.41) is 3.84. The van der Waals surface area contributed by atoms with Crippen LogP contribution in [0.5, 0.6) is 0 Å². The Balaban J connectivity index is 0.937. The molecule has 5 aromatic rings. The van der Waals surface area contributed by atoms with Crippen LogP contribution in [0, 0.1) is 23.5 Å². The van der Waals surface area contributed by atoms with Crippen molar-refractivity contribution in [2.45, 2.75) is 146 Å². The highest BCUT2D eigenvalue weighted by atomic mass is 19.1. The molecule has 4 saturated heterocycles. The predicted molar refractivity (Wildman–Crippen MR) is 230 cm³/mol. The largest absolute Gasteiger partial charge is 0.444 e. The number of nitrogens with one attached hydrogen (secondary N) is 3. The van der Waals surface area contributed by atoms with Crippen LogP contribution in [-0.2, 0) is 4.74 Å². The molecule has 3 N–H and O–H groups in total. The number of ether oxygens (including phenoxy) is 1. The molecule has 0 spiro atoms. The van der Waals surface area contributed by atoms with Crippen molar-refractivity contribution in [1.82, 2.24) is 30.2 Å². The van der Waals surface area contributed by atoms with Gasteiger partial charge in [0.1, 0.15) is 22.9 Å². The van der Waals surface area contributed by atoms with Crippen LogP contribution < -0.4 is 15.1 Å². The normalized spacial score (nSPS) is 29.3. The van der Waals surface area contributed by atoms with E-state index in [1.54, 1.807) is 12.1 Å². The van der Waals surface area contributed by atoms with Gasteiger partial charge in [-0.15, -0.1) is 0 Å². The second-order valence-corrected chi connectivity index (χ2v) is 19.8. The van der Waals surface area contributed by atoms with Crippen LogP contribution in [0.25, 0.3) is 22.1 Å². The number of fused-ring (bicyclic) bond motifs is 4. The SMILES string of the molecule is CC(C)(C)OC(=O)N1C(c2nc3ccc([C@H]4CC[C@H](c5ccc6nc([C@@H]7C[C@@H]8CCC[C@@H]8N7)[nH]c6c5)N4c4cc(F)c(N5CCCCC5)c(F)c4)cc3[nH]2)CC2CCCC21. The third kappa shape index (κ3) is 6.72. The first-order chi connectivity index (χ1) is 29.0. The first-order valence-corrected chi connectivity index (χ1v) is 22.8. The van der Waals surface area contributed by atoms with Crippen molar-refractivity contribution in [3.63, 3.8) is 0 Å². The summed E-state index contributed by atoms with van der Waals surface area (Å²) in [4.78, 5) is 37.2. The Morgan fingerprint density at radius 1 is 0.717 bits per heavy atom. The fraction of sp³-hybridized carbons (Fsp3) is 0.562. The van der Waals surface area contributed by atoms with E-state index in [0.717, 1.165) is 115 Å². The molecular weight excluding hydrogens is 759 g/mol. The monoisotopic (exact) mass is 816 g/mol. The second-order valence-electron chi connectivity index (χ2n) is 19.8. The van der Waals surface area contributed by atoms with Crippen molar-refractivity contribution in [3.8, 4) is 0 Å². The Bertz CT molecular complexity index is 2400. The maximum absolute atomic E-state index is 16.3. The highest BCUT2D eigenvalue weighted by Crippen LogP contribution is 2.50. The second kappa shape index (κ2) is 14.7. The lowest BCUT2D eigenvalue weighted by Crippen LogP contribution is -2.41. The quantitative estimate of drug-likeness (QED) is 0.157. The number of hydrogen-bond acceptors (Lipinski definition) is 7. The number of benzene rings is 3. The summed E-state index contributed by atoms with van der Waals surface area (Å²) in [5.41, 5.74) is 5.84. The molecule has 2 aliphatic carbocycles. The Labute approximate surface area is 350 Å². The van der Waals surface area contributed by atoms with Crippen LogP contribution in [-0.4, -0.2) is 61.7 Å². The predicted octanol–water partition coefficient (Wildman–Crippen LogP) is 10.8. The van der Waals surface area contributed by atoms with Crippen LogP contribution >= 0.6 is 0 Å². The van der Waals surface area contributed by atoms with Crippen LogP contribution in [0.2, 0.25) is 0 Å². The number of aromatic amines is 2. The molecule has 12 heteroatoms. The number of carbonyl (C=O) groups is 1.